The van der Waals surface area contributed by atoms with Crippen LogP contribution in [0, 0.1) is 28.6 Å². The summed E-state index contributed by atoms with van der Waals surface area (Å²) in [6, 6.07) is 0. The van der Waals surface area contributed by atoms with Crippen LogP contribution < -0.4 is 5.73 Å². The Morgan fingerprint density at radius 2 is 1.97 bits per heavy atom. The Kier molecular flexibility index (Phi) is 5.94. The predicted octanol–water partition coefficient (Wildman–Crippen LogP) is 2.36. The maximum atomic E-state index is 13.3. The van der Waals surface area contributed by atoms with E-state index in [1.807, 2.05) is 26.0 Å². The summed E-state index contributed by atoms with van der Waals surface area (Å²) in [5, 5.41) is 21.9. The summed E-state index contributed by atoms with van der Waals surface area (Å²) >= 11 is 0. The van der Waals surface area contributed by atoms with E-state index in [4.69, 9.17) is 10.5 Å². The molecule has 0 bridgehead atoms. The number of nitrogens with two attached hydrogens (primary N) is 1. The van der Waals surface area contributed by atoms with Gasteiger partial charge < -0.3 is 20.7 Å². The summed E-state index contributed by atoms with van der Waals surface area (Å²) < 4.78 is 5.10. The number of allylic oxidation sites excluding steroid dienone is 4. The van der Waals surface area contributed by atoms with E-state index in [9.17, 15) is 24.6 Å². The third-order valence-electron chi connectivity index (χ3n) is 9.00. The lowest BCUT2D eigenvalue weighted by Crippen LogP contribution is -2.57. The fraction of sp³-hybridized carbons (Fsp3) is 0.654. The van der Waals surface area contributed by atoms with Crippen molar-refractivity contribution in [1.82, 2.24) is 0 Å². The van der Waals surface area contributed by atoms with E-state index < -0.39 is 41.4 Å². The van der Waals surface area contributed by atoms with Crippen molar-refractivity contribution in [3.63, 3.8) is 0 Å². The topological polar surface area (TPSA) is 127 Å². The lowest BCUT2D eigenvalue weighted by Gasteiger charge is -2.54. The Morgan fingerprint density at radius 3 is 2.67 bits per heavy atom. The normalized spacial score (nSPS) is 41.2. The highest BCUT2D eigenvalue weighted by atomic mass is 16.5. The number of rotatable bonds is 6. The average molecular weight is 458 g/mol. The first-order valence-electron chi connectivity index (χ1n) is 11.9. The van der Waals surface area contributed by atoms with Gasteiger partial charge in [-0.15, -0.1) is 0 Å². The van der Waals surface area contributed by atoms with Crippen molar-refractivity contribution in [2.45, 2.75) is 71.0 Å². The van der Waals surface area contributed by atoms with Crippen molar-refractivity contribution in [3.8, 4) is 0 Å². The van der Waals surface area contributed by atoms with E-state index in [-0.39, 0.29) is 36.0 Å². The second kappa shape index (κ2) is 8.20. The van der Waals surface area contributed by atoms with Gasteiger partial charge >= 0.3 is 5.97 Å². The molecule has 7 heteroatoms. The largest absolute Gasteiger partial charge is 0.458 e. The van der Waals surface area contributed by atoms with Gasteiger partial charge in [-0.25, -0.2) is 0 Å². The van der Waals surface area contributed by atoms with Crippen LogP contribution in [0.4, 0.5) is 0 Å². The minimum absolute atomic E-state index is 0.130. The summed E-state index contributed by atoms with van der Waals surface area (Å²) in [4.78, 5) is 36.0. The molecule has 180 valence electrons. The van der Waals surface area contributed by atoms with E-state index >= 15 is 0 Å². The van der Waals surface area contributed by atoms with E-state index in [0.717, 1.165) is 19.3 Å². The molecule has 0 spiro atoms. The van der Waals surface area contributed by atoms with Crippen LogP contribution in [0.15, 0.2) is 35.5 Å². The average Bonchev–Trinajstić information content (AvgIpc) is 2.98. The van der Waals surface area contributed by atoms with E-state index in [0.29, 0.717) is 6.42 Å². The number of aliphatic hydroxyl groups excluding tert-OH is 1. The van der Waals surface area contributed by atoms with Crippen LogP contribution in [-0.4, -0.2) is 46.2 Å². The fourth-order valence-corrected chi connectivity index (χ4v) is 7.13. The maximum Gasteiger partial charge on any atom is 0.306 e. The molecule has 0 aromatic carbocycles. The molecule has 2 fully saturated rings. The molecule has 0 aliphatic heterocycles. The summed E-state index contributed by atoms with van der Waals surface area (Å²) in [6.07, 6.45) is 10.3. The first kappa shape index (κ1) is 23.9. The molecule has 1 amide bonds. The first-order valence-corrected chi connectivity index (χ1v) is 11.9. The summed E-state index contributed by atoms with van der Waals surface area (Å²) in [6.45, 7) is 5.59. The highest BCUT2D eigenvalue weighted by Crippen LogP contribution is 2.66. The van der Waals surface area contributed by atoms with Crippen molar-refractivity contribution in [1.29, 1.82) is 0 Å². The summed E-state index contributed by atoms with van der Waals surface area (Å²) in [5.41, 5.74) is 5.14. The van der Waals surface area contributed by atoms with E-state index in [1.165, 1.54) is 11.1 Å². The Bertz CT molecular complexity index is 966. The highest BCUT2D eigenvalue weighted by Gasteiger charge is 2.67. The molecule has 7 atom stereocenters. The summed E-state index contributed by atoms with van der Waals surface area (Å²) in [5.74, 6) is -1.66. The van der Waals surface area contributed by atoms with Gasteiger partial charge in [-0.05, 0) is 50.4 Å². The lowest BCUT2D eigenvalue weighted by molar-refractivity contribution is -0.168. The van der Waals surface area contributed by atoms with Crippen LogP contribution in [0.1, 0.15) is 59.3 Å². The molecule has 4 aliphatic rings. The molecule has 0 aromatic heterocycles. The second-order valence-electron chi connectivity index (χ2n) is 10.7. The number of Topliss-reactive ketones (excluding diaryl/α,β-unsaturated/α-hetero) is 1. The Labute approximate surface area is 194 Å². The maximum absolute atomic E-state index is 13.3. The number of carbonyl (C=O) groups excluding carboxylic acids is 3. The van der Waals surface area contributed by atoms with Gasteiger partial charge in [-0.2, -0.15) is 0 Å². The quantitative estimate of drug-likeness (QED) is 0.415. The smallest absolute Gasteiger partial charge is 0.306 e. The number of hydrogen-bond donors (Lipinski definition) is 3. The van der Waals surface area contributed by atoms with Crippen molar-refractivity contribution < 1.29 is 29.3 Å². The minimum atomic E-state index is -1.60. The third-order valence-corrected chi connectivity index (χ3v) is 9.00. The molecule has 4 rings (SSSR count). The zero-order valence-corrected chi connectivity index (χ0v) is 19.7. The van der Waals surface area contributed by atoms with Crippen LogP contribution in [0.2, 0.25) is 0 Å². The van der Waals surface area contributed by atoms with Crippen LogP contribution in [0.5, 0.6) is 0 Å². The number of ether oxygens (including phenoxy) is 1. The van der Waals surface area contributed by atoms with Gasteiger partial charge in [0.25, 0.3) is 0 Å². The number of amides is 1. The predicted molar refractivity (Wildman–Crippen MR) is 121 cm³/mol. The number of aliphatic hydroxyl groups is 2. The molecule has 2 saturated carbocycles. The van der Waals surface area contributed by atoms with Crippen molar-refractivity contribution >= 4 is 17.7 Å². The van der Waals surface area contributed by atoms with E-state index in [2.05, 4.69) is 19.1 Å². The van der Waals surface area contributed by atoms with Gasteiger partial charge in [0.1, 0.15) is 5.60 Å². The van der Waals surface area contributed by atoms with Gasteiger partial charge in [-0.1, -0.05) is 49.3 Å². The van der Waals surface area contributed by atoms with Crippen LogP contribution in [0.25, 0.3) is 0 Å². The number of ketones is 1. The number of hydrogen-bond acceptors (Lipinski definition) is 6. The van der Waals surface area contributed by atoms with Gasteiger partial charge in [0, 0.05) is 17.3 Å². The molecule has 3 unspecified atom stereocenters. The zero-order valence-electron chi connectivity index (χ0n) is 19.7. The highest BCUT2D eigenvalue weighted by molar-refractivity contribution is 5.91. The molecule has 0 aromatic rings. The first-order chi connectivity index (χ1) is 15.4. The molecular formula is C26H35NO6. The number of esters is 1. The van der Waals surface area contributed by atoms with Crippen LogP contribution in [-0.2, 0) is 19.1 Å². The number of primary amides is 1. The Balaban J connectivity index is 1.57. The minimum Gasteiger partial charge on any atom is -0.458 e. The molecule has 7 nitrogen and oxygen atoms in total. The third kappa shape index (κ3) is 3.60. The molecule has 0 saturated heterocycles. The Morgan fingerprint density at radius 1 is 1.24 bits per heavy atom. The van der Waals surface area contributed by atoms with Crippen molar-refractivity contribution in [3.05, 3.63) is 35.5 Å². The molecule has 33 heavy (non-hydrogen) atoms. The zero-order chi connectivity index (χ0) is 24.2. The molecule has 4 aliphatic carbocycles. The monoisotopic (exact) mass is 457 g/mol. The van der Waals surface area contributed by atoms with Crippen LogP contribution >= 0.6 is 0 Å². The van der Waals surface area contributed by atoms with Crippen LogP contribution in [0.3, 0.4) is 0 Å². The lowest BCUT2D eigenvalue weighted by atomic mass is 9.51. The van der Waals surface area contributed by atoms with E-state index in [1.54, 1.807) is 0 Å². The van der Waals surface area contributed by atoms with Crippen molar-refractivity contribution in [2.75, 3.05) is 6.61 Å². The molecule has 0 radical (unpaired) electrons. The SMILES string of the molecule is C[C@H]1CC2C3CCC4=CC(O)C=C[C@]4(C)C3=CC[C@]2(C)[C@@]1(O)C(=O)COC(=O)CCC(N)=O. The van der Waals surface area contributed by atoms with Gasteiger partial charge in [0.2, 0.25) is 11.7 Å². The standard InChI is InChI=1S/C26H35NO6/c1-15-12-20-18-5-4-16-13-17(28)8-10-24(16,2)19(18)9-11-25(20,3)26(15,32)21(29)14-33-23(31)7-6-22(27)30/h8-10,13,15,17-18,20,28,32H,4-7,11-12,14H2,1-3H3,(H2,27,30)/t15-,17?,18?,20?,24-,25-,26-/m0/s1. The van der Waals surface area contributed by atoms with Crippen molar-refractivity contribution in [2.24, 2.45) is 34.3 Å². The fourth-order valence-electron chi connectivity index (χ4n) is 7.13. The molecule has 0 heterocycles. The molecular weight excluding hydrogens is 422 g/mol. The van der Waals surface area contributed by atoms with Gasteiger partial charge in [0.15, 0.2) is 6.61 Å². The van der Waals surface area contributed by atoms with Gasteiger partial charge in [0.05, 0.1) is 12.5 Å². The number of carbonyl (C=O) groups is 3. The number of fused-ring (bicyclic) bond motifs is 5. The summed E-state index contributed by atoms with van der Waals surface area (Å²) in [7, 11) is 0. The molecule has 4 N–H and O–H groups in total. The van der Waals surface area contributed by atoms with Gasteiger partial charge in [-0.3, -0.25) is 14.4 Å². The Hall–Kier alpha value is -2.25. The second-order valence-corrected chi connectivity index (χ2v) is 10.7.